The number of sulfonamides is 1. The lowest BCUT2D eigenvalue weighted by Crippen LogP contribution is -2.39. The van der Waals surface area contributed by atoms with Crippen LogP contribution >= 0.6 is 11.8 Å². The van der Waals surface area contributed by atoms with Crippen molar-refractivity contribution in [1.82, 2.24) is 14.6 Å². The van der Waals surface area contributed by atoms with Gasteiger partial charge in [-0.2, -0.15) is 11.8 Å². The quantitative estimate of drug-likeness (QED) is 0.794. The van der Waals surface area contributed by atoms with Crippen molar-refractivity contribution in [2.24, 2.45) is 0 Å². The minimum Gasteiger partial charge on any atom is -0.387 e. The van der Waals surface area contributed by atoms with Crippen LogP contribution in [0.25, 0.3) is 0 Å². The van der Waals surface area contributed by atoms with Crippen LogP contribution in [0.15, 0.2) is 23.4 Å². The monoisotopic (exact) mass is 316 g/mol. The first-order chi connectivity index (χ1) is 9.63. The fourth-order valence-corrected chi connectivity index (χ4v) is 4.19. The Balaban J connectivity index is 1.93. The fourth-order valence-electron chi connectivity index (χ4n) is 2.04. The van der Waals surface area contributed by atoms with Crippen LogP contribution in [0.3, 0.4) is 0 Å². The molecule has 20 heavy (non-hydrogen) atoms. The Hall–Kier alpha value is -0.830. The van der Waals surface area contributed by atoms with E-state index in [0.29, 0.717) is 12.2 Å². The molecule has 6 nitrogen and oxygen atoms in total. The maximum Gasteiger partial charge on any atom is 0.244 e. The number of nitrogens with one attached hydrogen (secondary N) is 2. The van der Waals surface area contributed by atoms with Gasteiger partial charge in [0, 0.05) is 57.1 Å². The van der Waals surface area contributed by atoms with Gasteiger partial charge in [0.1, 0.15) is 4.90 Å². The molecule has 1 aromatic rings. The molecule has 2 N–H and O–H groups in total. The predicted molar refractivity (Wildman–Crippen MR) is 82.7 cm³/mol. The van der Waals surface area contributed by atoms with Gasteiger partial charge in [-0.15, -0.1) is 0 Å². The average molecular weight is 316 g/mol. The maximum atomic E-state index is 12.2. The number of thioether (sulfide) groups is 1. The van der Waals surface area contributed by atoms with E-state index in [0.717, 1.165) is 31.1 Å². The molecule has 1 saturated heterocycles. The number of hydrogen-bond donors (Lipinski definition) is 2. The average Bonchev–Trinajstić information content (AvgIpc) is 2.48. The Bertz CT molecular complexity index is 530. The smallest absolute Gasteiger partial charge is 0.244 e. The third-order valence-electron chi connectivity index (χ3n) is 3.17. The molecule has 0 saturated carbocycles. The van der Waals surface area contributed by atoms with Gasteiger partial charge in [-0.05, 0) is 6.07 Å². The molecule has 112 valence electrons. The Morgan fingerprint density at radius 1 is 1.40 bits per heavy atom. The molecule has 1 aromatic heterocycles. The van der Waals surface area contributed by atoms with Crippen LogP contribution in [0, 0.1) is 0 Å². The van der Waals surface area contributed by atoms with Crippen LogP contribution in [0.5, 0.6) is 0 Å². The lowest BCUT2D eigenvalue weighted by atomic mass is 10.4. The molecule has 0 atom stereocenters. The summed E-state index contributed by atoms with van der Waals surface area (Å²) in [6.45, 7) is 3.22. The van der Waals surface area contributed by atoms with Gasteiger partial charge in [0.05, 0.1) is 5.69 Å². The summed E-state index contributed by atoms with van der Waals surface area (Å²) in [6, 6.07) is 1.65. The van der Waals surface area contributed by atoms with Crippen LogP contribution in [0.2, 0.25) is 0 Å². The van der Waals surface area contributed by atoms with Gasteiger partial charge in [-0.3, -0.25) is 4.98 Å². The summed E-state index contributed by atoms with van der Waals surface area (Å²) in [5.74, 6) is 2.25. The van der Waals surface area contributed by atoms with Crippen LogP contribution in [0.4, 0.5) is 5.69 Å². The lowest BCUT2D eigenvalue weighted by Gasteiger charge is -2.26. The minimum absolute atomic E-state index is 0.191. The van der Waals surface area contributed by atoms with E-state index < -0.39 is 10.0 Å². The highest BCUT2D eigenvalue weighted by molar-refractivity contribution is 7.99. The van der Waals surface area contributed by atoms with Crippen molar-refractivity contribution < 1.29 is 8.42 Å². The summed E-state index contributed by atoms with van der Waals surface area (Å²) in [7, 11) is -1.82. The SMILES string of the molecule is CNc1ccncc1S(=O)(=O)NCCN1CCSCC1. The molecular formula is C12H20N4O2S2. The Morgan fingerprint density at radius 3 is 2.85 bits per heavy atom. The topological polar surface area (TPSA) is 74.3 Å². The highest BCUT2D eigenvalue weighted by atomic mass is 32.2. The molecule has 1 aliphatic heterocycles. The van der Waals surface area contributed by atoms with Crippen molar-refractivity contribution in [3.63, 3.8) is 0 Å². The standard InChI is InChI=1S/C12H20N4O2S2/c1-13-11-2-3-14-10-12(11)20(17,18)15-4-5-16-6-8-19-9-7-16/h2-3,10,15H,4-9H2,1H3,(H,13,14). The summed E-state index contributed by atoms with van der Waals surface area (Å²) < 4.78 is 27.1. The summed E-state index contributed by atoms with van der Waals surface area (Å²) in [5.41, 5.74) is 0.557. The van der Waals surface area contributed by atoms with Crippen LogP contribution in [-0.2, 0) is 10.0 Å². The first-order valence-corrected chi connectivity index (χ1v) is 9.19. The highest BCUT2D eigenvalue weighted by Crippen LogP contribution is 2.18. The molecule has 0 aliphatic carbocycles. The van der Waals surface area contributed by atoms with Gasteiger partial charge in [-0.1, -0.05) is 0 Å². The first kappa shape index (κ1) is 15.6. The van der Waals surface area contributed by atoms with Crippen LogP contribution < -0.4 is 10.0 Å². The second-order valence-corrected chi connectivity index (χ2v) is 7.43. The molecule has 0 spiro atoms. The molecule has 0 radical (unpaired) electrons. The third kappa shape index (κ3) is 4.08. The fraction of sp³-hybridized carbons (Fsp3) is 0.583. The molecule has 0 amide bonds. The van der Waals surface area contributed by atoms with Gasteiger partial charge in [0.25, 0.3) is 0 Å². The van der Waals surface area contributed by atoms with E-state index in [1.54, 1.807) is 19.3 Å². The first-order valence-electron chi connectivity index (χ1n) is 6.55. The molecule has 2 rings (SSSR count). The Labute approximate surface area is 124 Å². The van der Waals surface area contributed by atoms with Gasteiger partial charge < -0.3 is 10.2 Å². The highest BCUT2D eigenvalue weighted by Gasteiger charge is 2.18. The number of nitrogens with zero attached hydrogens (tertiary/aromatic N) is 2. The zero-order valence-corrected chi connectivity index (χ0v) is 13.1. The lowest BCUT2D eigenvalue weighted by molar-refractivity contribution is 0.307. The van der Waals surface area contributed by atoms with Crippen molar-refractivity contribution in [1.29, 1.82) is 0 Å². The third-order valence-corrected chi connectivity index (χ3v) is 5.60. The van der Waals surface area contributed by atoms with E-state index >= 15 is 0 Å². The number of anilines is 1. The molecular weight excluding hydrogens is 296 g/mol. The van der Waals surface area contributed by atoms with Crippen LogP contribution in [0.1, 0.15) is 0 Å². The number of hydrogen-bond acceptors (Lipinski definition) is 6. The van der Waals surface area contributed by atoms with Crippen molar-refractivity contribution in [3.8, 4) is 0 Å². The van der Waals surface area contributed by atoms with E-state index in [9.17, 15) is 8.42 Å². The van der Waals surface area contributed by atoms with E-state index in [1.165, 1.54) is 6.20 Å². The largest absolute Gasteiger partial charge is 0.387 e. The van der Waals surface area contributed by atoms with Gasteiger partial charge in [0.2, 0.25) is 10.0 Å². The summed E-state index contributed by atoms with van der Waals surface area (Å²) in [6.07, 6.45) is 2.93. The van der Waals surface area contributed by atoms with E-state index in [2.05, 4.69) is 19.9 Å². The molecule has 1 fully saturated rings. The van der Waals surface area contributed by atoms with Crippen molar-refractivity contribution in [3.05, 3.63) is 18.5 Å². The van der Waals surface area contributed by atoms with Gasteiger partial charge in [0.15, 0.2) is 0 Å². The van der Waals surface area contributed by atoms with E-state index in [1.807, 2.05) is 11.8 Å². The van der Waals surface area contributed by atoms with Crippen molar-refractivity contribution in [2.45, 2.75) is 4.90 Å². The molecule has 2 heterocycles. The molecule has 0 bridgehead atoms. The van der Waals surface area contributed by atoms with Gasteiger partial charge in [-0.25, -0.2) is 13.1 Å². The molecule has 0 unspecified atom stereocenters. The number of aromatic nitrogens is 1. The number of pyridine rings is 1. The molecule has 1 aliphatic rings. The second-order valence-electron chi connectivity index (χ2n) is 4.47. The predicted octanol–water partition coefficient (Wildman–Crippen LogP) is 0.450. The second kappa shape index (κ2) is 7.26. The summed E-state index contributed by atoms with van der Waals surface area (Å²) in [4.78, 5) is 6.36. The van der Waals surface area contributed by atoms with Crippen LogP contribution in [-0.4, -0.2) is 63.0 Å². The van der Waals surface area contributed by atoms with Crippen molar-refractivity contribution in [2.75, 3.05) is 50.0 Å². The van der Waals surface area contributed by atoms with Gasteiger partial charge >= 0.3 is 0 Å². The summed E-state index contributed by atoms with van der Waals surface area (Å²) in [5, 5.41) is 2.87. The van der Waals surface area contributed by atoms with Crippen molar-refractivity contribution >= 4 is 27.5 Å². The zero-order chi connectivity index (χ0) is 14.4. The molecule has 8 heteroatoms. The van der Waals surface area contributed by atoms with E-state index in [-0.39, 0.29) is 4.90 Å². The maximum absolute atomic E-state index is 12.2. The Morgan fingerprint density at radius 2 is 2.15 bits per heavy atom. The summed E-state index contributed by atoms with van der Waals surface area (Å²) >= 11 is 1.94. The Kier molecular flexibility index (Phi) is 5.64. The normalized spacial score (nSPS) is 17.1. The van der Waals surface area contributed by atoms with E-state index in [4.69, 9.17) is 0 Å². The zero-order valence-electron chi connectivity index (χ0n) is 11.5. The minimum atomic E-state index is -3.51. The number of rotatable bonds is 6. The molecule has 0 aromatic carbocycles.